The Balaban J connectivity index is 2.05. The summed E-state index contributed by atoms with van der Waals surface area (Å²) in [6.07, 6.45) is 1.80. The molecule has 3 rings (SSSR count). The van der Waals surface area contributed by atoms with Gasteiger partial charge in [0.1, 0.15) is 11.5 Å². The van der Waals surface area contributed by atoms with Gasteiger partial charge in [-0.2, -0.15) is 5.10 Å². The maximum absolute atomic E-state index is 12.7. The molecular weight excluding hydrogens is 406 g/mol. The highest BCUT2D eigenvalue weighted by Gasteiger charge is 2.35. The largest absolute Gasteiger partial charge is 0.497 e. The molecule has 0 saturated heterocycles. The number of benzene rings is 2. The zero-order valence-electron chi connectivity index (χ0n) is 17.4. The monoisotopic (exact) mass is 431 g/mol. The highest BCUT2D eigenvalue weighted by molar-refractivity contribution is 7.92. The van der Waals surface area contributed by atoms with E-state index in [2.05, 4.69) is 9.82 Å². The number of hydrogen-bond acceptors (Lipinski definition) is 6. The first-order valence-corrected chi connectivity index (χ1v) is 11.3. The van der Waals surface area contributed by atoms with Crippen LogP contribution in [0.4, 0.5) is 5.69 Å². The molecule has 1 N–H and O–H groups in total. The highest BCUT2D eigenvalue weighted by Crippen LogP contribution is 2.40. The first kappa shape index (κ1) is 21.6. The Kier molecular flexibility index (Phi) is 6.31. The lowest BCUT2D eigenvalue weighted by Gasteiger charge is -2.23. The Hall–Kier alpha value is -3.07. The van der Waals surface area contributed by atoms with E-state index in [-0.39, 0.29) is 18.4 Å². The Bertz CT molecular complexity index is 1080. The first-order valence-electron chi connectivity index (χ1n) is 9.46. The molecule has 0 fully saturated rings. The van der Waals surface area contributed by atoms with E-state index >= 15 is 0 Å². The van der Waals surface area contributed by atoms with Crippen LogP contribution in [0.2, 0.25) is 0 Å². The summed E-state index contributed by atoms with van der Waals surface area (Å²) in [4.78, 5) is 12.7. The third kappa shape index (κ3) is 4.56. The summed E-state index contributed by atoms with van der Waals surface area (Å²) in [6, 6.07) is 12.1. The van der Waals surface area contributed by atoms with Gasteiger partial charge < -0.3 is 9.47 Å². The Morgan fingerprint density at radius 2 is 1.93 bits per heavy atom. The van der Waals surface area contributed by atoms with E-state index in [1.165, 1.54) is 5.01 Å². The fourth-order valence-electron chi connectivity index (χ4n) is 3.42. The van der Waals surface area contributed by atoms with Crippen molar-refractivity contribution < 1.29 is 22.7 Å². The molecule has 0 aromatic heterocycles. The smallest absolute Gasteiger partial charge is 0.242 e. The molecule has 1 atom stereocenters. The lowest BCUT2D eigenvalue weighted by Crippen LogP contribution is -2.26. The molecule has 2 aromatic rings. The molecule has 1 aliphatic rings. The van der Waals surface area contributed by atoms with E-state index in [0.717, 1.165) is 11.8 Å². The number of hydrazone groups is 1. The summed E-state index contributed by atoms with van der Waals surface area (Å²) in [5.41, 5.74) is 2.47. The van der Waals surface area contributed by atoms with Gasteiger partial charge in [-0.15, -0.1) is 0 Å². The molecule has 1 heterocycles. The minimum Gasteiger partial charge on any atom is -0.497 e. The fraction of sp³-hybridized carbons (Fsp3) is 0.333. The number of amides is 1. The molecule has 8 nitrogen and oxygen atoms in total. The number of ether oxygens (including phenoxy) is 2. The van der Waals surface area contributed by atoms with Crippen LogP contribution in [-0.2, 0) is 14.8 Å². The number of carbonyl (C=O) groups is 1. The van der Waals surface area contributed by atoms with Crippen molar-refractivity contribution in [3.63, 3.8) is 0 Å². The summed E-state index contributed by atoms with van der Waals surface area (Å²) >= 11 is 0. The van der Waals surface area contributed by atoms with Crippen molar-refractivity contribution in [1.29, 1.82) is 0 Å². The van der Waals surface area contributed by atoms with Crippen LogP contribution in [0.25, 0.3) is 0 Å². The van der Waals surface area contributed by atoms with Gasteiger partial charge in [0.25, 0.3) is 0 Å². The number of nitrogens with one attached hydrogen (secondary N) is 1. The SMILES string of the molecule is CCC(=O)N1N=C(c2ccccc2NS(C)(=O)=O)C[C@H]1c1ccc(OC)cc1OC. The topological polar surface area (TPSA) is 97.3 Å². The van der Waals surface area contributed by atoms with Gasteiger partial charge >= 0.3 is 0 Å². The van der Waals surface area contributed by atoms with E-state index in [9.17, 15) is 13.2 Å². The third-order valence-corrected chi connectivity index (χ3v) is 5.39. The number of sulfonamides is 1. The van der Waals surface area contributed by atoms with Gasteiger partial charge in [0.2, 0.25) is 15.9 Å². The lowest BCUT2D eigenvalue weighted by molar-refractivity contribution is -0.132. The minimum absolute atomic E-state index is 0.138. The summed E-state index contributed by atoms with van der Waals surface area (Å²) in [6.45, 7) is 1.78. The van der Waals surface area contributed by atoms with E-state index in [0.29, 0.717) is 34.9 Å². The second-order valence-corrected chi connectivity index (χ2v) is 8.63. The number of rotatable bonds is 7. The van der Waals surface area contributed by atoms with E-state index < -0.39 is 10.0 Å². The van der Waals surface area contributed by atoms with Crippen molar-refractivity contribution >= 4 is 27.3 Å². The van der Waals surface area contributed by atoms with Crippen LogP contribution in [-0.4, -0.2) is 45.5 Å². The minimum atomic E-state index is -3.47. The number of carbonyl (C=O) groups excluding carboxylic acids is 1. The third-order valence-electron chi connectivity index (χ3n) is 4.80. The maximum atomic E-state index is 12.7. The Morgan fingerprint density at radius 1 is 1.20 bits per heavy atom. The molecule has 9 heteroatoms. The quantitative estimate of drug-likeness (QED) is 0.726. The number of anilines is 1. The van der Waals surface area contributed by atoms with Crippen LogP contribution in [0.1, 0.15) is 36.9 Å². The second-order valence-electron chi connectivity index (χ2n) is 6.89. The van der Waals surface area contributed by atoms with Crippen LogP contribution in [0.5, 0.6) is 11.5 Å². The van der Waals surface area contributed by atoms with Crippen molar-refractivity contribution in [2.75, 3.05) is 25.2 Å². The van der Waals surface area contributed by atoms with Crippen molar-refractivity contribution in [2.24, 2.45) is 5.10 Å². The summed E-state index contributed by atoms with van der Waals surface area (Å²) < 4.78 is 36.9. The molecule has 0 aliphatic carbocycles. The molecule has 0 saturated carbocycles. The zero-order valence-corrected chi connectivity index (χ0v) is 18.2. The molecule has 30 heavy (non-hydrogen) atoms. The first-order chi connectivity index (χ1) is 14.3. The van der Waals surface area contributed by atoms with Gasteiger partial charge in [-0.3, -0.25) is 9.52 Å². The van der Waals surface area contributed by atoms with E-state index in [1.54, 1.807) is 51.5 Å². The van der Waals surface area contributed by atoms with Crippen molar-refractivity contribution in [3.8, 4) is 11.5 Å². The van der Waals surface area contributed by atoms with Gasteiger partial charge in [-0.25, -0.2) is 13.4 Å². The van der Waals surface area contributed by atoms with Gasteiger partial charge in [0.05, 0.1) is 37.9 Å². The Labute approximate surface area is 176 Å². The molecule has 0 bridgehead atoms. The number of methoxy groups -OCH3 is 2. The Morgan fingerprint density at radius 3 is 2.57 bits per heavy atom. The molecular formula is C21H25N3O5S. The van der Waals surface area contributed by atoms with Gasteiger partial charge in [-0.05, 0) is 18.2 Å². The predicted octanol–water partition coefficient (Wildman–Crippen LogP) is 3.16. The molecule has 2 aromatic carbocycles. The summed E-state index contributed by atoms with van der Waals surface area (Å²) in [5, 5.41) is 6.03. The van der Waals surface area contributed by atoms with Crippen molar-refractivity contribution in [2.45, 2.75) is 25.8 Å². The molecule has 1 amide bonds. The van der Waals surface area contributed by atoms with Crippen LogP contribution in [0, 0.1) is 0 Å². The molecule has 0 radical (unpaired) electrons. The van der Waals surface area contributed by atoms with Crippen LogP contribution >= 0.6 is 0 Å². The number of nitrogens with zero attached hydrogens (tertiary/aromatic N) is 2. The van der Waals surface area contributed by atoms with E-state index in [1.807, 2.05) is 12.1 Å². The summed E-state index contributed by atoms with van der Waals surface area (Å²) in [5.74, 6) is 1.10. The van der Waals surface area contributed by atoms with Gasteiger partial charge in [0.15, 0.2) is 0 Å². The van der Waals surface area contributed by atoms with Crippen molar-refractivity contribution in [1.82, 2.24) is 5.01 Å². The summed E-state index contributed by atoms with van der Waals surface area (Å²) in [7, 11) is -0.332. The van der Waals surface area contributed by atoms with Crippen LogP contribution in [0.15, 0.2) is 47.6 Å². The zero-order chi connectivity index (χ0) is 21.9. The van der Waals surface area contributed by atoms with E-state index in [4.69, 9.17) is 9.47 Å². The maximum Gasteiger partial charge on any atom is 0.242 e. The van der Waals surface area contributed by atoms with Gasteiger partial charge in [-0.1, -0.05) is 25.1 Å². The molecule has 0 unspecified atom stereocenters. The van der Waals surface area contributed by atoms with Gasteiger partial charge in [0, 0.05) is 30.0 Å². The normalized spacial score (nSPS) is 16.2. The average molecular weight is 432 g/mol. The van der Waals surface area contributed by atoms with Crippen LogP contribution < -0.4 is 14.2 Å². The highest BCUT2D eigenvalue weighted by atomic mass is 32.2. The average Bonchev–Trinajstić information content (AvgIpc) is 3.16. The fourth-order valence-corrected chi connectivity index (χ4v) is 4.00. The molecule has 0 spiro atoms. The molecule has 160 valence electrons. The standard InChI is InChI=1S/C21H25N3O5S/c1-5-21(25)24-19(16-11-10-14(28-2)12-20(16)29-3)13-18(22-24)15-8-6-7-9-17(15)23-30(4,26)27/h6-12,19,23H,5,13H2,1-4H3/t19-/m0/s1. The van der Waals surface area contributed by atoms with Crippen molar-refractivity contribution in [3.05, 3.63) is 53.6 Å². The number of hydrogen-bond donors (Lipinski definition) is 1. The predicted molar refractivity (Wildman–Crippen MR) is 115 cm³/mol. The lowest BCUT2D eigenvalue weighted by atomic mass is 9.96. The number of para-hydroxylation sites is 1. The molecule has 1 aliphatic heterocycles. The second kappa shape index (κ2) is 8.74. The van der Waals surface area contributed by atoms with Crippen LogP contribution in [0.3, 0.4) is 0 Å².